The van der Waals surface area contributed by atoms with Crippen LogP contribution in [0.25, 0.3) is 11.3 Å². The van der Waals surface area contributed by atoms with Crippen molar-refractivity contribution in [1.29, 1.82) is 0 Å². The molecule has 1 aliphatic heterocycles. The normalized spacial score (nSPS) is 15.8. The van der Waals surface area contributed by atoms with Gasteiger partial charge in [-0.2, -0.15) is 0 Å². The number of ether oxygens (including phenoxy) is 1. The molecular formula is C24H23FN4O3. The Morgan fingerprint density at radius 1 is 1.03 bits per heavy atom. The number of aromatic nitrogens is 2. The number of piperidine rings is 1. The van der Waals surface area contributed by atoms with Crippen molar-refractivity contribution in [3.63, 3.8) is 0 Å². The number of rotatable bonds is 5. The van der Waals surface area contributed by atoms with E-state index in [1.807, 2.05) is 12.1 Å². The van der Waals surface area contributed by atoms with E-state index in [9.17, 15) is 14.0 Å². The Morgan fingerprint density at radius 3 is 2.44 bits per heavy atom. The molecule has 164 valence electrons. The zero-order chi connectivity index (χ0) is 22.5. The van der Waals surface area contributed by atoms with Gasteiger partial charge in [0.05, 0.1) is 24.3 Å². The Morgan fingerprint density at radius 2 is 1.78 bits per heavy atom. The Labute approximate surface area is 185 Å². The minimum absolute atomic E-state index is 0.0728. The Hall–Kier alpha value is -3.81. The molecule has 7 nitrogen and oxygen atoms in total. The number of halogens is 1. The minimum Gasteiger partial charge on any atom is -0.465 e. The Bertz CT molecular complexity index is 1090. The van der Waals surface area contributed by atoms with Gasteiger partial charge in [-0.25, -0.2) is 9.18 Å². The zero-order valence-corrected chi connectivity index (χ0v) is 17.6. The fourth-order valence-electron chi connectivity index (χ4n) is 3.72. The molecule has 1 atom stereocenters. The first-order valence-corrected chi connectivity index (χ1v) is 10.4. The number of amides is 1. The third kappa shape index (κ3) is 4.91. The van der Waals surface area contributed by atoms with Gasteiger partial charge in [-0.1, -0.05) is 0 Å². The standard InChI is InChI=1S/C24H23FN4O3/c1-32-24(31)17-6-10-20(11-7-17)26-23(30)18-3-2-14-29(15-18)22-13-12-21(27-28-22)16-4-8-19(25)9-5-16/h4-13,18H,2-3,14-15H2,1H3,(H,26,30). The highest BCUT2D eigenvalue weighted by Crippen LogP contribution is 2.24. The Kier molecular flexibility index (Phi) is 6.39. The van der Waals surface area contributed by atoms with E-state index < -0.39 is 5.97 Å². The van der Waals surface area contributed by atoms with Crippen molar-refractivity contribution in [2.75, 3.05) is 30.4 Å². The van der Waals surface area contributed by atoms with Gasteiger partial charge in [-0.15, -0.1) is 10.2 Å². The maximum Gasteiger partial charge on any atom is 0.337 e. The van der Waals surface area contributed by atoms with Crippen molar-refractivity contribution in [3.05, 3.63) is 72.0 Å². The number of carbonyl (C=O) groups is 2. The van der Waals surface area contributed by atoms with Gasteiger partial charge in [-0.05, 0) is 73.5 Å². The predicted molar refractivity (Wildman–Crippen MR) is 119 cm³/mol. The lowest BCUT2D eigenvalue weighted by Crippen LogP contribution is -2.41. The molecule has 4 rings (SSSR count). The van der Waals surface area contributed by atoms with Gasteiger partial charge in [0, 0.05) is 24.3 Å². The smallest absolute Gasteiger partial charge is 0.337 e. The largest absolute Gasteiger partial charge is 0.465 e. The van der Waals surface area contributed by atoms with Crippen LogP contribution in [0.15, 0.2) is 60.7 Å². The summed E-state index contributed by atoms with van der Waals surface area (Å²) in [4.78, 5) is 26.4. The highest BCUT2D eigenvalue weighted by molar-refractivity contribution is 5.94. The van der Waals surface area contributed by atoms with E-state index >= 15 is 0 Å². The van der Waals surface area contributed by atoms with Crippen LogP contribution in [0.1, 0.15) is 23.2 Å². The molecule has 1 fully saturated rings. The SMILES string of the molecule is COC(=O)c1ccc(NC(=O)C2CCCN(c3ccc(-c4ccc(F)cc4)nn3)C2)cc1. The summed E-state index contributed by atoms with van der Waals surface area (Å²) in [7, 11) is 1.33. The lowest BCUT2D eigenvalue weighted by Gasteiger charge is -2.32. The molecule has 0 aliphatic carbocycles. The summed E-state index contributed by atoms with van der Waals surface area (Å²) in [6.45, 7) is 1.33. The molecule has 8 heteroatoms. The highest BCUT2D eigenvalue weighted by atomic mass is 19.1. The third-order valence-corrected chi connectivity index (χ3v) is 5.48. The molecule has 1 saturated heterocycles. The first kappa shape index (κ1) is 21.4. The first-order chi connectivity index (χ1) is 15.5. The van der Waals surface area contributed by atoms with Crippen LogP contribution in [-0.4, -0.2) is 42.3 Å². The first-order valence-electron chi connectivity index (χ1n) is 10.4. The van der Waals surface area contributed by atoms with Crippen molar-refractivity contribution in [2.24, 2.45) is 5.92 Å². The molecule has 0 saturated carbocycles. The van der Waals surface area contributed by atoms with Gasteiger partial charge in [0.2, 0.25) is 5.91 Å². The molecular weight excluding hydrogens is 411 g/mol. The molecule has 1 unspecified atom stereocenters. The second-order valence-electron chi connectivity index (χ2n) is 7.63. The van der Waals surface area contributed by atoms with Crippen molar-refractivity contribution in [1.82, 2.24) is 10.2 Å². The van der Waals surface area contributed by atoms with Crippen LogP contribution >= 0.6 is 0 Å². The number of carbonyl (C=O) groups excluding carboxylic acids is 2. The maximum absolute atomic E-state index is 13.1. The topological polar surface area (TPSA) is 84.4 Å². The molecule has 2 aromatic carbocycles. The van der Waals surface area contributed by atoms with Crippen molar-refractivity contribution >= 4 is 23.4 Å². The number of hydrogen-bond donors (Lipinski definition) is 1. The van der Waals surface area contributed by atoms with E-state index in [-0.39, 0.29) is 17.6 Å². The molecule has 3 aromatic rings. The molecule has 1 aromatic heterocycles. The summed E-state index contributed by atoms with van der Waals surface area (Å²) in [5.41, 5.74) is 2.51. The van der Waals surface area contributed by atoms with E-state index in [1.165, 1.54) is 19.2 Å². The summed E-state index contributed by atoms with van der Waals surface area (Å²) >= 11 is 0. The fraction of sp³-hybridized carbons (Fsp3) is 0.250. The van der Waals surface area contributed by atoms with Crippen LogP contribution in [0.2, 0.25) is 0 Å². The monoisotopic (exact) mass is 434 g/mol. The van der Waals surface area contributed by atoms with Crippen molar-refractivity contribution in [2.45, 2.75) is 12.8 Å². The molecule has 0 bridgehead atoms. The second-order valence-corrected chi connectivity index (χ2v) is 7.63. The van der Waals surface area contributed by atoms with Crippen molar-refractivity contribution in [3.8, 4) is 11.3 Å². The van der Waals surface area contributed by atoms with Crippen LogP contribution in [0, 0.1) is 11.7 Å². The van der Waals surface area contributed by atoms with E-state index in [2.05, 4.69) is 25.2 Å². The van der Waals surface area contributed by atoms with Gasteiger partial charge in [0.15, 0.2) is 5.82 Å². The lowest BCUT2D eigenvalue weighted by molar-refractivity contribution is -0.120. The van der Waals surface area contributed by atoms with Gasteiger partial charge >= 0.3 is 5.97 Å². The van der Waals surface area contributed by atoms with Crippen LogP contribution in [0.5, 0.6) is 0 Å². The minimum atomic E-state index is -0.419. The van der Waals surface area contributed by atoms with Gasteiger partial charge in [-0.3, -0.25) is 4.79 Å². The van der Waals surface area contributed by atoms with Crippen LogP contribution in [-0.2, 0) is 9.53 Å². The maximum atomic E-state index is 13.1. The third-order valence-electron chi connectivity index (χ3n) is 5.48. The quantitative estimate of drug-likeness (QED) is 0.613. The average molecular weight is 434 g/mol. The molecule has 1 amide bonds. The number of nitrogens with one attached hydrogen (secondary N) is 1. The summed E-state index contributed by atoms with van der Waals surface area (Å²) in [6.07, 6.45) is 1.64. The molecule has 1 N–H and O–H groups in total. The average Bonchev–Trinajstić information content (AvgIpc) is 2.84. The van der Waals surface area contributed by atoms with Crippen LogP contribution in [0.4, 0.5) is 15.9 Å². The van der Waals surface area contributed by atoms with E-state index in [0.29, 0.717) is 29.3 Å². The lowest BCUT2D eigenvalue weighted by atomic mass is 9.97. The number of anilines is 2. The number of methoxy groups -OCH3 is 1. The van der Waals surface area contributed by atoms with E-state index in [0.717, 1.165) is 24.9 Å². The fourth-order valence-corrected chi connectivity index (χ4v) is 3.72. The molecule has 32 heavy (non-hydrogen) atoms. The molecule has 2 heterocycles. The predicted octanol–water partition coefficient (Wildman–Crippen LogP) is 3.92. The molecule has 1 aliphatic rings. The van der Waals surface area contributed by atoms with Crippen molar-refractivity contribution < 1.29 is 18.7 Å². The number of hydrogen-bond acceptors (Lipinski definition) is 6. The van der Waals surface area contributed by atoms with Crippen LogP contribution in [0.3, 0.4) is 0 Å². The number of esters is 1. The van der Waals surface area contributed by atoms with Crippen LogP contribution < -0.4 is 10.2 Å². The zero-order valence-electron chi connectivity index (χ0n) is 17.6. The van der Waals surface area contributed by atoms with Gasteiger partial charge in [0.1, 0.15) is 5.82 Å². The highest BCUT2D eigenvalue weighted by Gasteiger charge is 2.27. The summed E-state index contributed by atoms with van der Waals surface area (Å²) in [5, 5.41) is 11.5. The second kappa shape index (κ2) is 9.55. The van der Waals surface area contributed by atoms with E-state index in [1.54, 1.807) is 36.4 Å². The van der Waals surface area contributed by atoms with E-state index in [4.69, 9.17) is 0 Å². The number of nitrogens with zero attached hydrogens (tertiary/aromatic N) is 3. The summed E-state index contributed by atoms with van der Waals surface area (Å²) < 4.78 is 17.8. The molecule has 0 radical (unpaired) electrons. The summed E-state index contributed by atoms with van der Waals surface area (Å²) in [6, 6.07) is 16.4. The summed E-state index contributed by atoms with van der Waals surface area (Å²) in [5.74, 6) is -0.275. The molecule has 0 spiro atoms. The number of benzene rings is 2. The van der Waals surface area contributed by atoms with Gasteiger partial charge < -0.3 is 15.0 Å². The van der Waals surface area contributed by atoms with Gasteiger partial charge in [0.25, 0.3) is 0 Å². The Balaban J connectivity index is 1.39.